The molecule has 1 aromatic heterocycles. The molecule has 0 aromatic carbocycles. The highest BCUT2D eigenvalue weighted by Crippen LogP contribution is 2.21. The number of nitrogens with zero attached hydrogens (tertiary/aromatic N) is 1. The maximum Gasteiger partial charge on any atom is 0.141 e. The zero-order valence-corrected chi connectivity index (χ0v) is 6.92. The van der Waals surface area contributed by atoms with Crippen LogP contribution in [-0.2, 0) is 0 Å². The van der Waals surface area contributed by atoms with Gasteiger partial charge < -0.3 is 11.5 Å². The van der Waals surface area contributed by atoms with Gasteiger partial charge in [-0.3, -0.25) is 0 Å². The first-order valence-corrected chi connectivity index (χ1v) is 3.71. The molecule has 4 N–H and O–H groups in total. The summed E-state index contributed by atoms with van der Waals surface area (Å²) in [5.74, 6) is 0.221. The molecule has 0 spiro atoms. The molecule has 0 aliphatic carbocycles. The fraction of sp³-hybridized carbons (Fsp3) is 0.375. The van der Waals surface area contributed by atoms with Crippen molar-refractivity contribution in [1.29, 1.82) is 0 Å². The van der Waals surface area contributed by atoms with Crippen molar-refractivity contribution in [2.45, 2.75) is 13.1 Å². The number of aromatic nitrogens is 1. The quantitative estimate of drug-likeness (QED) is 0.692. The third-order valence-electron chi connectivity index (χ3n) is 1.63. The molecule has 1 aromatic rings. The molecule has 0 saturated heterocycles. The number of pyridine rings is 1. The second kappa shape index (κ2) is 3.49. The molecule has 1 heterocycles. The predicted molar refractivity (Wildman–Crippen MR) is 46.3 cm³/mol. The molecule has 1 unspecified atom stereocenters. The third-order valence-corrected chi connectivity index (χ3v) is 1.63. The number of halogens is 1. The average Bonchev–Trinajstić information content (AvgIpc) is 2.08. The second-order valence-corrected chi connectivity index (χ2v) is 2.69. The van der Waals surface area contributed by atoms with Crippen LogP contribution in [0.3, 0.4) is 0 Å². The van der Waals surface area contributed by atoms with Gasteiger partial charge in [0.25, 0.3) is 0 Å². The molecule has 0 bridgehead atoms. The van der Waals surface area contributed by atoms with Crippen LogP contribution in [-0.4, -0.2) is 11.5 Å². The van der Waals surface area contributed by atoms with Gasteiger partial charge in [0.2, 0.25) is 0 Å². The molecule has 1 atom stereocenters. The van der Waals surface area contributed by atoms with Gasteiger partial charge in [0.05, 0.1) is 0 Å². The van der Waals surface area contributed by atoms with Crippen LogP contribution in [0.25, 0.3) is 0 Å². The van der Waals surface area contributed by atoms with Gasteiger partial charge in [-0.05, 0) is 18.6 Å². The number of nitrogen functional groups attached to an aromatic ring is 1. The lowest BCUT2D eigenvalue weighted by atomic mass is 10.1. The second-order valence-electron chi connectivity index (χ2n) is 2.69. The summed E-state index contributed by atoms with van der Waals surface area (Å²) in [6.45, 7) is 1.77. The number of anilines is 1. The van der Waals surface area contributed by atoms with E-state index in [9.17, 15) is 4.39 Å². The fourth-order valence-electron chi connectivity index (χ4n) is 0.980. The van der Waals surface area contributed by atoms with E-state index in [1.807, 2.05) is 6.92 Å². The summed E-state index contributed by atoms with van der Waals surface area (Å²) in [7, 11) is 0. The molecular weight excluding hydrogens is 157 g/mol. The molecule has 0 fully saturated rings. The third kappa shape index (κ3) is 1.71. The fourth-order valence-corrected chi connectivity index (χ4v) is 0.980. The van der Waals surface area contributed by atoms with Crippen LogP contribution in [0.15, 0.2) is 12.3 Å². The normalized spacial score (nSPS) is 12.9. The molecule has 3 nitrogen and oxygen atoms in total. The Balaban J connectivity index is 3.04. The molecule has 1 rings (SSSR count). The molecule has 0 amide bonds. The van der Waals surface area contributed by atoms with E-state index >= 15 is 0 Å². The minimum absolute atomic E-state index is 0.0602. The van der Waals surface area contributed by atoms with E-state index < -0.39 is 6.17 Å². The number of hydrogen-bond acceptors (Lipinski definition) is 3. The van der Waals surface area contributed by atoms with Crippen molar-refractivity contribution in [2.75, 3.05) is 12.3 Å². The Bertz CT molecular complexity index is 275. The van der Waals surface area contributed by atoms with Crippen LogP contribution < -0.4 is 11.5 Å². The van der Waals surface area contributed by atoms with E-state index in [0.717, 1.165) is 5.56 Å². The van der Waals surface area contributed by atoms with Crippen LogP contribution in [0.1, 0.15) is 17.3 Å². The van der Waals surface area contributed by atoms with Gasteiger partial charge in [-0.25, -0.2) is 9.37 Å². The molecule has 0 radical (unpaired) electrons. The zero-order chi connectivity index (χ0) is 9.14. The smallest absolute Gasteiger partial charge is 0.141 e. The Labute approximate surface area is 70.6 Å². The first-order valence-electron chi connectivity index (χ1n) is 3.71. The first kappa shape index (κ1) is 8.93. The predicted octanol–water partition coefficient (Wildman–Crippen LogP) is 0.942. The van der Waals surface area contributed by atoms with Gasteiger partial charge in [0.1, 0.15) is 12.0 Å². The van der Waals surface area contributed by atoms with Crippen molar-refractivity contribution in [3.05, 3.63) is 23.4 Å². The maximum absolute atomic E-state index is 13.1. The molecule has 0 saturated carbocycles. The van der Waals surface area contributed by atoms with Crippen molar-refractivity contribution in [3.8, 4) is 0 Å². The van der Waals surface area contributed by atoms with Crippen molar-refractivity contribution in [1.82, 2.24) is 4.98 Å². The molecular formula is C8H12FN3. The van der Waals surface area contributed by atoms with Crippen LogP contribution in [0, 0.1) is 6.92 Å². The average molecular weight is 169 g/mol. The monoisotopic (exact) mass is 169 g/mol. The summed E-state index contributed by atoms with van der Waals surface area (Å²) >= 11 is 0. The Hall–Kier alpha value is -1.16. The topological polar surface area (TPSA) is 64.9 Å². The van der Waals surface area contributed by atoms with E-state index in [1.54, 1.807) is 12.3 Å². The van der Waals surface area contributed by atoms with E-state index in [0.29, 0.717) is 5.56 Å². The Morgan fingerprint density at radius 3 is 2.92 bits per heavy atom. The Kier molecular flexibility index (Phi) is 2.60. The number of hydrogen-bond donors (Lipinski definition) is 2. The minimum Gasteiger partial charge on any atom is -0.383 e. The molecule has 0 aliphatic rings. The van der Waals surface area contributed by atoms with Gasteiger partial charge in [0, 0.05) is 18.3 Å². The minimum atomic E-state index is -1.21. The molecule has 66 valence electrons. The molecule has 12 heavy (non-hydrogen) atoms. The van der Waals surface area contributed by atoms with E-state index in [1.165, 1.54) is 0 Å². The van der Waals surface area contributed by atoms with Gasteiger partial charge in [-0.15, -0.1) is 0 Å². The van der Waals surface area contributed by atoms with Gasteiger partial charge in [-0.2, -0.15) is 0 Å². The van der Waals surface area contributed by atoms with Crippen molar-refractivity contribution >= 4 is 5.82 Å². The lowest BCUT2D eigenvalue weighted by Crippen LogP contribution is -2.10. The van der Waals surface area contributed by atoms with E-state index in [4.69, 9.17) is 11.5 Å². The van der Waals surface area contributed by atoms with E-state index in [2.05, 4.69) is 4.98 Å². The van der Waals surface area contributed by atoms with Gasteiger partial charge in [0.15, 0.2) is 0 Å². The number of alkyl halides is 1. The largest absolute Gasteiger partial charge is 0.383 e. The SMILES string of the molecule is Cc1cnc(N)c(C(F)CN)c1. The zero-order valence-electron chi connectivity index (χ0n) is 6.92. The highest BCUT2D eigenvalue weighted by Gasteiger charge is 2.11. The summed E-state index contributed by atoms with van der Waals surface area (Å²) < 4.78 is 13.1. The summed E-state index contributed by atoms with van der Waals surface area (Å²) in [6.07, 6.45) is 0.389. The highest BCUT2D eigenvalue weighted by atomic mass is 19.1. The van der Waals surface area contributed by atoms with Crippen molar-refractivity contribution < 1.29 is 4.39 Å². The molecule has 4 heteroatoms. The number of nitrogens with two attached hydrogens (primary N) is 2. The van der Waals surface area contributed by atoms with Crippen LogP contribution in [0.5, 0.6) is 0 Å². The van der Waals surface area contributed by atoms with Gasteiger partial charge >= 0.3 is 0 Å². The van der Waals surface area contributed by atoms with Crippen LogP contribution in [0.2, 0.25) is 0 Å². The first-order chi connectivity index (χ1) is 5.65. The Morgan fingerprint density at radius 1 is 1.67 bits per heavy atom. The van der Waals surface area contributed by atoms with Crippen LogP contribution >= 0.6 is 0 Å². The van der Waals surface area contributed by atoms with E-state index in [-0.39, 0.29) is 12.4 Å². The highest BCUT2D eigenvalue weighted by molar-refractivity contribution is 5.42. The molecule has 0 aliphatic heterocycles. The summed E-state index contributed by atoms with van der Waals surface area (Å²) in [5.41, 5.74) is 11.9. The lowest BCUT2D eigenvalue weighted by molar-refractivity contribution is 0.353. The van der Waals surface area contributed by atoms with Gasteiger partial charge in [-0.1, -0.05) is 0 Å². The van der Waals surface area contributed by atoms with Crippen molar-refractivity contribution in [3.63, 3.8) is 0 Å². The van der Waals surface area contributed by atoms with Crippen LogP contribution in [0.4, 0.5) is 10.2 Å². The standard InChI is InChI=1S/C8H12FN3/c1-5-2-6(7(9)3-10)8(11)12-4-5/h2,4,7H,3,10H2,1H3,(H2,11,12). The van der Waals surface area contributed by atoms with Crippen molar-refractivity contribution in [2.24, 2.45) is 5.73 Å². The Morgan fingerprint density at radius 2 is 2.33 bits per heavy atom. The number of rotatable bonds is 2. The maximum atomic E-state index is 13.1. The number of aryl methyl sites for hydroxylation is 1. The summed E-state index contributed by atoms with van der Waals surface area (Å²) in [5, 5.41) is 0. The summed E-state index contributed by atoms with van der Waals surface area (Å²) in [4.78, 5) is 3.83. The summed E-state index contributed by atoms with van der Waals surface area (Å²) in [6, 6.07) is 1.67. The lowest BCUT2D eigenvalue weighted by Gasteiger charge is -2.08.